The van der Waals surface area contributed by atoms with Crippen molar-refractivity contribution in [2.24, 2.45) is 0 Å². The third-order valence-electron chi connectivity index (χ3n) is 3.91. The number of carbonyl (C=O) groups excluding carboxylic acids is 1. The van der Waals surface area contributed by atoms with Crippen LogP contribution in [0.5, 0.6) is 0 Å². The maximum Gasteiger partial charge on any atom is 0.274 e. The molecule has 0 saturated carbocycles. The second kappa shape index (κ2) is 6.29. The first-order valence-corrected chi connectivity index (χ1v) is 7.80. The number of piperidine rings is 1. The van der Waals surface area contributed by atoms with E-state index in [9.17, 15) is 4.79 Å². The zero-order chi connectivity index (χ0) is 15.5. The second-order valence-corrected chi connectivity index (χ2v) is 5.73. The molecule has 0 spiro atoms. The van der Waals surface area contributed by atoms with E-state index in [-0.39, 0.29) is 11.8 Å². The predicted molar refractivity (Wildman–Crippen MR) is 79.4 cm³/mol. The summed E-state index contributed by atoms with van der Waals surface area (Å²) in [5, 5.41) is 8.19. The Morgan fingerprint density at radius 1 is 1.50 bits per heavy atom. The van der Waals surface area contributed by atoms with Crippen LogP contribution in [0.4, 0.5) is 0 Å². The second-order valence-electron chi connectivity index (χ2n) is 5.73. The monoisotopic (exact) mass is 303 g/mol. The predicted octanol–water partition coefficient (Wildman–Crippen LogP) is 2.00. The molecule has 1 aliphatic heterocycles. The van der Waals surface area contributed by atoms with Crippen LogP contribution in [-0.4, -0.2) is 43.8 Å². The van der Waals surface area contributed by atoms with Gasteiger partial charge in [-0.05, 0) is 32.3 Å². The van der Waals surface area contributed by atoms with Crippen molar-refractivity contribution in [1.82, 2.24) is 24.8 Å². The lowest BCUT2D eigenvalue weighted by Gasteiger charge is -2.30. The van der Waals surface area contributed by atoms with Crippen LogP contribution in [0.2, 0.25) is 0 Å². The number of nitrogens with zero attached hydrogens (tertiary/aromatic N) is 5. The molecule has 22 heavy (non-hydrogen) atoms. The van der Waals surface area contributed by atoms with E-state index in [4.69, 9.17) is 4.52 Å². The standard InChI is InChI=1S/C15H21N5O2/c1-3-7-20-9-6-13(17-20)15(21)19-8-4-5-12(10-19)14-16-11(2)18-22-14/h6,9,12H,3-5,7-8,10H2,1-2H3. The van der Waals surface area contributed by atoms with E-state index in [2.05, 4.69) is 22.2 Å². The Hall–Kier alpha value is -2.18. The highest BCUT2D eigenvalue weighted by atomic mass is 16.5. The lowest BCUT2D eigenvalue weighted by Crippen LogP contribution is -2.39. The largest absolute Gasteiger partial charge is 0.339 e. The van der Waals surface area contributed by atoms with E-state index in [1.165, 1.54) is 0 Å². The number of aromatic nitrogens is 4. The van der Waals surface area contributed by atoms with E-state index >= 15 is 0 Å². The summed E-state index contributed by atoms with van der Waals surface area (Å²) in [5.74, 6) is 1.37. The summed E-state index contributed by atoms with van der Waals surface area (Å²) >= 11 is 0. The summed E-state index contributed by atoms with van der Waals surface area (Å²) in [4.78, 5) is 18.7. The van der Waals surface area contributed by atoms with Crippen LogP contribution in [-0.2, 0) is 6.54 Å². The smallest absolute Gasteiger partial charge is 0.274 e. The van der Waals surface area contributed by atoms with Crippen molar-refractivity contribution in [3.63, 3.8) is 0 Å². The van der Waals surface area contributed by atoms with Crippen molar-refractivity contribution < 1.29 is 9.32 Å². The van der Waals surface area contributed by atoms with Crippen LogP contribution in [0.25, 0.3) is 0 Å². The highest BCUT2D eigenvalue weighted by Crippen LogP contribution is 2.26. The minimum absolute atomic E-state index is 0.0178. The molecule has 0 bridgehead atoms. The van der Waals surface area contributed by atoms with Gasteiger partial charge in [0.2, 0.25) is 5.89 Å². The molecule has 0 N–H and O–H groups in total. The Labute approximate surface area is 129 Å². The summed E-state index contributed by atoms with van der Waals surface area (Å²) in [6.45, 7) is 6.09. The van der Waals surface area contributed by atoms with E-state index in [1.54, 1.807) is 13.0 Å². The highest BCUT2D eigenvalue weighted by molar-refractivity contribution is 5.92. The summed E-state index contributed by atoms with van der Waals surface area (Å²) in [5.41, 5.74) is 0.510. The van der Waals surface area contributed by atoms with Gasteiger partial charge in [0, 0.05) is 25.8 Å². The van der Waals surface area contributed by atoms with Crippen molar-refractivity contribution >= 4 is 5.91 Å². The summed E-state index contributed by atoms with van der Waals surface area (Å²) in [6, 6.07) is 1.79. The molecular formula is C15H21N5O2. The number of rotatable bonds is 4. The van der Waals surface area contributed by atoms with Gasteiger partial charge in [0.1, 0.15) is 5.69 Å². The molecule has 2 aromatic heterocycles. The van der Waals surface area contributed by atoms with Crippen molar-refractivity contribution in [3.05, 3.63) is 29.7 Å². The van der Waals surface area contributed by atoms with Crippen molar-refractivity contribution in [1.29, 1.82) is 0 Å². The number of carbonyl (C=O) groups is 1. The number of aryl methyl sites for hydroxylation is 2. The highest BCUT2D eigenvalue weighted by Gasteiger charge is 2.29. The Morgan fingerprint density at radius 3 is 3.09 bits per heavy atom. The summed E-state index contributed by atoms with van der Waals surface area (Å²) in [7, 11) is 0. The molecule has 1 unspecified atom stereocenters. The first kappa shape index (κ1) is 14.7. The molecule has 1 atom stereocenters. The van der Waals surface area contributed by atoms with Crippen LogP contribution < -0.4 is 0 Å². The molecular weight excluding hydrogens is 282 g/mol. The van der Waals surface area contributed by atoms with Crippen LogP contribution in [0, 0.1) is 6.92 Å². The van der Waals surface area contributed by atoms with E-state index < -0.39 is 0 Å². The first-order valence-electron chi connectivity index (χ1n) is 7.80. The molecule has 1 fully saturated rings. The van der Waals surface area contributed by atoms with Gasteiger partial charge in [-0.25, -0.2) is 0 Å². The van der Waals surface area contributed by atoms with Gasteiger partial charge in [0.15, 0.2) is 5.82 Å². The zero-order valence-corrected chi connectivity index (χ0v) is 13.0. The van der Waals surface area contributed by atoms with Gasteiger partial charge in [-0.3, -0.25) is 9.48 Å². The molecule has 0 radical (unpaired) electrons. The molecule has 7 heteroatoms. The van der Waals surface area contributed by atoms with Crippen molar-refractivity contribution in [3.8, 4) is 0 Å². The van der Waals surface area contributed by atoms with Gasteiger partial charge in [-0.15, -0.1) is 0 Å². The molecule has 3 rings (SSSR count). The SMILES string of the molecule is CCCn1ccc(C(=O)N2CCCC(c3nc(C)no3)C2)n1. The Kier molecular flexibility index (Phi) is 4.22. The fourth-order valence-corrected chi connectivity index (χ4v) is 2.83. The van der Waals surface area contributed by atoms with E-state index in [0.717, 1.165) is 32.4 Å². The van der Waals surface area contributed by atoms with Crippen LogP contribution >= 0.6 is 0 Å². The minimum atomic E-state index is -0.0178. The molecule has 1 saturated heterocycles. The number of hydrogen-bond donors (Lipinski definition) is 0. The molecule has 3 heterocycles. The van der Waals surface area contributed by atoms with Gasteiger partial charge >= 0.3 is 0 Å². The number of amides is 1. The number of likely N-dealkylation sites (tertiary alicyclic amines) is 1. The maximum atomic E-state index is 12.6. The van der Waals surface area contributed by atoms with E-state index in [0.29, 0.717) is 24.0 Å². The third-order valence-corrected chi connectivity index (χ3v) is 3.91. The van der Waals surface area contributed by atoms with Crippen LogP contribution in [0.15, 0.2) is 16.8 Å². The molecule has 0 aliphatic carbocycles. The molecule has 118 valence electrons. The molecule has 0 aromatic carbocycles. The average Bonchev–Trinajstić information content (AvgIpc) is 3.16. The van der Waals surface area contributed by atoms with Crippen molar-refractivity contribution in [2.75, 3.05) is 13.1 Å². The Morgan fingerprint density at radius 2 is 2.36 bits per heavy atom. The average molecular weight is 303 g/mol. The van der Waals surface area contributed by atoms with Gasteiger partial charge in [-0.1, -0.05) is 12.1 Å². The number of hydrogen-bond acceptors (Lipinski definition) is 5. The quantitative estimate of drug-likeness (QED) is 0.863. The van der Waals surface area contributed by atoms with Gasteiger partial charge in [0.25, 0.3) is 5.91 Å². The van der Waals surface area contributed by atoms with Crippen LogP contribution in [0.3, 0.4) is 0 Å². The summed E-state index contributed by atoms with van der Waals surface area (Å²) in [6.07, 6.45) is 4.76. The van der Waals surface area contributed by atoms with Crippen molar-refractivity contribution in [2.45, 2.75) is 45.6 Å². The van der Waals surface area contributed by atoms with Crippen LogP contribution in [0.1, 0.15) is 54.3 Å². The Balaban J connectivity index is 1.69. The molecule has 1 aliphatic rings. The normalized spacial score (nSPS) is 18.6. The topological polar surface area (TPSA) is 77.0 Å². The van der Waals surface area contributed by atoms with Gasteiger partial charge in [-0.2, -0.15) is 10.1 Å². The zero-order valence-electron chi connectivity index (χ0n) is 13.0. The minimum Gasteiger partial charge on any atom is -0.339 e. The lowest BCUT2D eigenvalue weighted by molar-refractivity contribution is 0.0688. The first-order chi connectivity index (χ1) is 10.7. The van der Waals surface area contributed by atoms with Gasteiger partial charge < -0.3 is 9.42 Å². The van der Waals surface area contributed by atoms with Gasteiger partial charge in [0.05, 0.1) is 5.92 Å². The molecule has 2 aromatic rings. The fraction of sp³-hybridized carbons (Fsp3) is 0.600. The molecule has 7 nitrogen and oxygen atoms in total. The maximum absolute atomic E-state index is 12.6. The van der Waals surface area contributed by atoms with E-state index in [1.807, 2.05) is 15.8 Å². The third kappa shape index (κ3) is 3.03. The fourth-order valence-electron chi connectivity index (χ4n) is 2.83. The molecule has 1 amide bonds. The summed E-state index contributed by atoms with van der Waals surface area (Å²) < 4.78 is 7.07. The Bertz CT molecular complexity index is 648. The lowest BCUT2D eigenvalue weighted by atomic mass is 9.97.